The summed E-state index contributed by atoms with van der Waals surface area (Å²) in [6, 6.07) is 5.32. The van der Waals surface area contributed by atoms with Gasteiger partial charge in [-0.3, -0.25) is 0 Å². The van der Waals surface area contributed by atoms with Crippen molar-refractivity contribution in [3.05, 3.63) is 22.7 Å². The molecule has 1 aliphatic heterocycles. The minimum atomic E-state index is -3.43. The standard InChI is InChI=1S/C14H21BrN2O3S.ClH/c1-3-20-14-5-4-12(10-13(14)15)21(18,19)17-8-6-11(16-2)7-9-17;/h4-5,10-11,16H,3,6-9H2,1-2H3;1H. The van der Waals surface area contributed by atoms with E-state index in [9.17, 15) is 8.42 Å². The highest BCUT2D eigenvalue weighted by molar-refractivity contribution is 9.10. The van der Waals surface area contributed by atoms with Gasteiger partial charge in [0, 0.05) is 19.1 Å². The van der Waals surface area contributed by atoms with Crippen LogP contribution in [-0.2, 0) is 10.0 Å². The molecule has 22 heavy (non-hydrogen) atoms. The van der Waals surface area contributed by atoms with Gasteiger partial charge in [0.05, 0.1) is 16.0 Å². The fourth-order valence-corrected chi connectivity index (χ4v) is 4.59. The molecule has 1 fully saturated rings. The largest absolute Gasteiger partial charge is 0.493 e. The van der Waals surface area contributed by atoms with Crippen molar-refractivity contribution in [2.45, 2.75) is 30.7 Å². The van der Waals surface area contributed by atoms with E-state index in [1.54, 1.807) is 22.5 Å². The predicted octanol–water partition coefficient (Wildman–Crippen LogP) is 2.64. The predicted molar refractivity (Wildman–Crippen MR) is 93.4 cm³/mol. The molecular formula is C14H22BrClN2O3S. The molecule has 0 bridgehead atoms. The van der Waals surface area contributed by atoms with Crippen LogP contribution in [0.15, 0.2) is 27.6 Å². The second-order valence-electron chi connectivity index (χ2n) is 4.99. The summed E-state index contributed by atoms with van der Waals surface area (Å²) >= 11 is 3.37. The maximum absolute atomic E-state index is 12.6. The summed E-state index contributed by atoms with van der Waals surface area (Å²) < 4.78 is 32.9. The number of hydrogen-bond donors (Lipinski definition) is 1. The van der Waals surface area contributed by atoms with E-state index in [0.29, 0.717) is 40.9 Å². The first kappa shape index (κ1) is 19.7. The van der Waals surface area contributed by atoms with Crippen molar-refractivity contribution >= 4 is 38.4 Å². The van der Waals surface area contributed by atoms with Crippen LogP contribution < -0.4 is 10.1 Å². The number of nitrogens with zero attached hydrogens (tertiary/aromatic N) is 1. The first-order valence-corrected chi connectivity index (χ1v) is 9.32. The molecule has 126 valence electrons. The van der Waals surface area contributed by atoms with Gasteiger partial charge < -0.3 is 10.1 Å². The summed E-state index contributed by atoms with van der Waals surface area (Å²) in [4.78, 5) is 0.306. The van der Waals surface area contributed by atoms with Gasteiger partial charge >= 0.3 is 0 Å². The van der Waals surface area contributed by atoms with Gasteiger partial charge in [0.25, 0.3) is 0 Å². The maximum atomic E-state index is 12.6. The molecule has 1 N–H and O–H groups in total. The van der Waals surface area contributed by atoms with E-state index >= 15 is 0 Å². The van der Waals surface area contributed by atoms with Crippen LogP contribution in [0.1, 0.15) is 19.8 Å². The molecule has 1 aliphatic rings. The van der Waals surface area contributed by atoms with Crippen LogP contribution in [0.3, 0.4) is 0 Å². The molecule has 1 saturated heterocycles. The molecule has 5 nitrogen and oxygen atoms in total. The number of piperidine rings is 1. The van der Waals surface area contributed by atoms with E-state index in [0.717, 1.165) is 12.8 Å². The van der Waals surface area contributed by atoms with Crippen molar-refractivity contribution in [1.82, 2.24) is 9.62 Å². The third kappa shape index (κ3) is 4.35. The SMILES string of the molecule is CCOc1ccc(S(=O)(=O)N2CCC(NC)CC2)cc1Br.Cl. The highest BCUT2D eigenvalue weighted by Gasteiger charge is 2.29. The number of benzene rings is 1. The zero-order valence-corrected chi connectivity index (χ0v) is 15.9. The number of sulfonamides is 1. The molecule has 1 aromatic rings. The lowest BCUT2D eigenvalue weighted by Crippen LogP contribution is -2.43. The van der Waals surface area contributed by atoms with Gasteiger partial charge in [-0.1, -0.05) is 0 Å². The van der Waals surface area contributed by atoms with Crippen molar-refractivity contribution in [3.63, 3.8) is 0 Å². The van der Waals surface area contributed by atoms with Crippen molar-refractivity contribution in [2.75, 3.05) is 26.7 Å². The lowest BCUT2D eigenvalue weighted by atomic mass is 10.1. The highest BCUT2D eigenvalue weighted by atomic mass is 79.9. The molecule has 0 amide bonds. The fraction of sp³-hybridized carbons (Fsp3) is 0.571. The summed E-state index contributed by atoms with van der Waals surface area (Å²) in [6.45, 7) is 3.54. The molecule has 0 atom stereocenters. The number of rotatable bonds is 5. The fourth-order valence-electron chi connectivity index (χ4n) is 2.45. The van der Waals surface area contributed by atoms with Crippen molar-refractivity contribution in [2.24, 2.45) is 0 Å². The van der Waals surface area contributed by atoms with Crippen LogP contribution in [0.5, 0.6) is 5.75 Å². The molecule has 8 heteroatoms. The van der Waals surface area contributed by atoms with Crippen molar-refractivity contribution < 1.29 is 13.2 Å². The Morgan fingerprint density at radius 3 is 2.50 bits per heavy atom. The number of hydrogen-bond acceptors (Lipinski definition) is 4. The second-order valence-corrected chi connectivity index (χ2v) is 7.78. The summed E-state index contributed by atoms with van der Waals surface area (Å²) in [7, 11) is -1.51. The Morgan fingerprint density at radius 2 is 2.00 bits per heavy atom. The molecule has 0 spiro atoms. The molecule has 2 rings (SSSR count). The first-order valence-electron chi connectivity index (χ1n) is 7.08. The molecule has 0 saturated carbocycles. The van der Waals surface area contributed by atoms with Crippen LogP contribution in [0.4, 0.5) is 0 Å². The van der Waals surface area contributed by atoms with Gasteiger partial charge in [-0.15, -0.1) is 12.4 Å². The summed E-state index contributed by atoms with van der Waals surface area (Å²) in [6.07, 6.45) is 1.68. The molecule has 1 aromatic carbocycles. The topological polar surface area (TPSA) is 58.6 Å². The molecule has 0 aromatic heterocycles. The first-order chi connectivity index (χ1) is 9.98. The minimum absolute atomic E-state index is 0. The number of halogens is 2. The smallest absolute Gasteiger partial charge is 0.243 e. The Morgan fingerprint density at radius 1 is 1.36 bits per heavy atom. The lowest BCUT2D eigenvalue weighted by Gasteiger charge is -2.31. The monoisotopic (exact) mass is 412 g/mol. The van der Waals surface area contributed by atoms with Gasteiger partial charge in [0.2, 0.25) is 10.0 Å². The minimum Gasteiger partial charge on any atom is -0.493 e. The zero-order valence-electron chi connectivity index (χ0n) is 12.7. The molecule has 1 heterocycles. The summed E-state index contributed by atoms with van der Waals surface area (Å²) in [5, 5.41) is 3.20. The lowest BCUT2D eigenvalue weighted by molar-refractivity contribution is 0.298. The van der Waals surface area contributed by atoms with Crippen molar-refractivity contribution in [1.29, 1.82) is 0 Å². The average Bonchev–Trinajstić information content (AvgIpc) is 2.49. The summed E-state index contributed by atoms with van der Waals surface area (Å²) in [5.74, 6) is 0.658. The summed E-state index contributed by atoms with van der Waals surface area (Å²) in [5.41, 5.74) is 0. The van der Waals surface area contributed by atoms with E-state index in [-0.39, 0.29) is 12.4 Å². The second kappa shape index (κ2) is 8.49. The van der Waals surface area contributed by atoms with Gasteiger partial charge in [-0.25, -0.2) is 8.42 Å². The average molecular weight is 414 g/mol. The van der Waals surface area contributed by atoms with Gasteiger partial charge in [0.15, 0.2) is 0 Å². The Balaban J connectivity index is 0.00000242. The van der Waals surface area contributed by atoms with E-state index in [1.165, 1.54) is 0 Å². The Kier molecular flexibility index (Phi) is 7.61. The molecule has 0 aliphatic carbocycles. The van der Waals surface area contributed by atoms with E-state index in [2.05, 4.69) is 21.2 Å². The van der Waals surface area contributed by atoms with E-state index < -0.39 is 10.0 Å². The molecule has 0 radical (unpaired) electrons. The van der Waals surface area contributed by atoms with E-state index in [4.69, 9.17) is 4.74 Å². The molecule has 0 unspecified atom stereocenters. The third-order valence-corrected chi connectivity index (χ3v) is 6.22. The Bertz CT molecular complexity index is 590. The van der Waals surface area contributed by atoms with Gasteiger partial charge in [-0.05, 0) is 60.9 Å². The van der Waals surface area contributed by atoms with Crippen LogP contribution in [0, 0.1) is 0 Å². The normalized spacial score (nSPS) is 17.0. The highest BCUT2D eigenvalue weighted by Crippen LogP contribution is 2.30. The zero-order chi connectivity index (χ0) is 15.5. The van der Waals surface area contributed by atoms with Gasteiger partial charge in [0.1, 0.15) is 5.75 Å². The van der Waals surface area contributed by atoms with E-state index in [1.807, 2.05) is 14.0 Å². The maximum Gasteiger partial charge on any atom is 0.243 e. The quantitative estimate of drug-likeness (QED) is 0.806. The van der Waals surface area contributed by atoms with Crippen LogP contribution in [0.25, 0.3) is 0 Å². The number of ether oxygens (including phenoxy) is 1. The number of nitrogens with one attached hydrogen (secondary N) is 1. The molecular weight excluding hydrogens is 392 g/mol. The Labute approximate surface area is 147 Å². The third-order valence-electron chi connectivity index (χ3n) is 3.70. The Hall–Kier alpha value is -0.340. The van der Waals surface area contributed by atoms with Crippen LogP contribution in [0.2, 0.25) is 0 Å². The van der Waals surface area contributed by atoms with Crippen LogP contribution in [-0.4, -0.2) is 45.5 Å². The van der Waals surface area contributed by atoms with Crippen molar-refractivity contribution in [3.8, 4) is 5.75 Å². The van der Waals surface area contributed by atoms with Gasteiger partial charge in [-0.2, -0.15) is 4.31 Å². The van der Waals surface area contributed by atoms with Crippen LogP contribution >= 0.6 is 28.3 Å².